The third-order valence-corrected chi connectivity index (χ3v) is 6.97. The molecule has 4 aromatic rings. The summed E-state index contributed by atoms with van der Waals surface area (Å²) < 4.78 is 12.4. The van der Waals surface area contributed by atoms with Crippen molar-refractivity contribution < 1.29 is 14.3 Å². The third-order valence-electron chi connectivity index (χ3n) is 5.74. The second-order valence-corrected chi connectivity index (χ2v) is 10.7. The van der Waals surface area contributed by atoms with Gasteiger partial charge < -0.3 is 14.8 Å². The number of carbonyl (C=O) groups is 1. The third kappa shape index (κ3) is 6.26. The summed E-state index contributed by atoms with van der Waals surface area (Å²) in [6, 6.07) is 21.1. The Bertz CT molecular complexity index is 1380. The predicted molar refractivity (Wildman–Crippen MR) is 149 cm³/mol. The van der Waals surface area contributed by atoms with E-state index in [2.05, 4.69) is 60.6 Å². The number of benzene rings is 3. The van der Waals surface area contributed by atoms with Crippen molar-refractivity contribution in [3.63, 3.8) is 0 Å². The highest BCUT2D eigenvalue weighted by molar-refractivity contribution is 7.99. The summed E-state index contributed by atoms with van der Waals surface area (Å²) in [6.45, 7) is 6.55. The van der Waals surface area contributed by atoms with Crippen LogP contribution in [0.2, 0.25) is 5.02 Å². The molecular formula is C28H29ClN4O3S. The molecule has 0 saturated carbocycles. The molecule has 1 heterocycles. The fourth-order valence-corrected chi connectivity index (χ4v) is 4.71. The lowest BCUT2D eigenvalue weighted by molar-refractivity contribution is -0.113. The van der Waals surface area contributed by atoms with E-state index in [1.54, 1.807) is 32.4 Å². The number of methoxy groups -OCH3 is 2. The number of rotatable bonds is 8. The van der Waals surface area contributed by atoms with Crippen LogP contribution in [-0.4, -0.2) is 40.6 Å². The lowest BCUT2D eigenvalue weighted by Gasteiger charge is -2.19. The zero-order valence-corrected chi connectivity index (χ0v) is 23.0. The Balaban J connectivity index is 1.60. The number of hydrogen-bond donors (Lipinski definition) is 1. The number of nitrogens with one attached hydrogen (secondary N) is 1. The number of halogens is 1. The first kappa shape index (κ1) is 26.6. The lowest BCUT2D eigenvalue weighted by Crippen LogP contribution is -2.14. The second-order valence-electron chi connectivity index (χ2n) is 9.35. The van der Waals surface area contributed by atoms with Gasteiger partial charge >= 0.3 is 0 Å². The van der Waals surface area contributed by atoms with E-state index in [-0.39, 0.29) is 17.1 Å². The molecule has 9 heteroatoms. The summed E-state index contributed by atoms with van der Waals surface area (Å²) in [5.74, 6) is 1.94. The summed E-state index contributed by atoms with van der Waals surface area (Å²) in [5, 5.41) is 12.8. The number of ether oxygens (including phenoxy) is 2. The van der Waals surface area contributed by atoms with Crippen molar-refractivity contribution >= 4 is 35.0 Å². The van der Waals surface area contributed by atoms with Gasteiger partial charge in [0.05, 0.1) is 25.0 Å². The molecule has 0 spiro atoms. The standard InChI is InChI=1S/C28H29ClN4O3S/c1-28(2,3)19-8-6-18(7-9-19)26-31-32-27(33(26)21-11-13-22(35-4)14-12-21)37-17-25(34)30-20-10-15-24(36-5)23(29)16-20/h6-16H,17H2,1-5H3,(H,30,34). The van der Waals surface area contributed by atoms with Crippen molar-refractivity contribution in [3.05, 3.63) is 77.3 Å². The van der Waals surface area contributed by atoms with Crippen LogP contribution in [0.1, 0.15) is 26.3 Å². The first-order valence-corrected chi connectivity index (χ1v) is 13.0. The molecule has 1 aromatic heterocycles. The van der Waals surface area contributed by atoms with Crippen LogP contribution >= 0.6 is 23.4 Å². The molecule has 0 bridgehead atoms. The largest absolute Gasteiger partial charge is 0.497 e. The van der Waals surface area contributed by atoms with Gasteiger partial charge in [0, 0.05) is 16.9 Å². The highest BCUT2D eigenvalue weighted by Crippen LogP contribution is 2.31. The molecule has 0 aliphatic heterocycles. The molecule has 1 N–H and O–H groups in total. The monoisotopic (exact) mass is 536 g/mol. The average Bonchev–Trinajstić information content (AvgIpc) is 3.31. The minimum absolute atomic E-state index is 0.0463. The quantitative estimate of drug-likeness (QED) is 0.254. The zero-order chi connectivity index (χ0) is 26.6. The van der Waals surface area contributed by atoms with Gasteiger partial charge in [-0.05, 0) is 53.4 Å². The van der Waals surface area contributed by atoms with Crippen LogP contribution in [0.25, 0.3) is 17.1 Å². The number of amides is 1. The fourth-order valence-electron chi connectivity index (χ4n) is 3.71. The fraction of sp³-hybridized carbons (Fsp3) is 0.250. The topological polar surface area (TPSA) is 78.3 Å². The van der Waals surface area contributed by atoms with E-state index in [1.165, 1.54) is 17.3 Å². The van der Waals surface area contributed by atoms with Gasteiger partial charge in [-0.2, -0.15) is 0 Å². The Morgan fingerprint density at radius 3 is 2.27 bits per heavy atom. The molecule has 0 saturated heterocycles. The van der Waals surface area contributed by atoms with Gasteiger partial charge in [-0.3, -0.25) is 9.36 Å². The van der Waals surface area contributed by atoms with E-state index >= 15 is 0 Å². The van der Waals surface area contributed by atoms with Gasteiger partial charge in [0.15, 0.2) is 11.0 Å². The van der Waals surface area contributed by atoms with Crippen molar-refractivity contribution in [1.82, 2.24) is 14.8 Å². The maximum Gasteiger partial charge on any atom is 0.234 e. The molecule has 37 heavy (non-hydrogen) atoms. The summed E-state index contributed by atoms with van der Waals surface area (Å²) in [4.78, 5) is 12.7. The van der Waals surface area contributed by atoms with Crippen LogP contribution < -0.4 is 14.8 Å². The number of aromatic nitrogens is 3. The molecule has 7 nitrogen and oxygen atoms in total. The first-order valence-electron chi connectivity index (χ1n) is 11.7. The van der Waals surface area contributed by atoms with Crippen molar-refractivity contribution in [3.8, 4) is 28.6 Å². The summed E-state index contributed by atoms with van der Waals surface area (Å²) in [7, 11) is 3.17. The van der Waals surface area contributed by atoms with E-state index in [0.717, 1.165) is 17.0 Å². The normalized spacial score (nSPS) is 11.3. The maximum absolute atomic E-state index is 12.7. The van der Waals surface area contributed by atoms with Crippen LogP contribution in [0.5, 0.6) is 11.5 Å². The van der Waals surface area contributed by atoms with E-state index in [1.807, 2.05) is 28.8 Å². The van der Waals surface area contributed by atoms with Crippen molar-refractivity contribution in [1.29, 1.82) is 0 Å². The second kappa shape index (κ2) is 11.3. The van der Waals surface area contributed by atoms with Crippen LogP contribution in [0, 0.1) is 0 Å². The number of nitrogens with zero attached hydrogens (tertiary/aromatic N) is 3. The highest BCUT2D eigenvalue weighted by atomic mass is 35.5. The zero-order valence-electron chi connectivity index (χ0n) is 21.4. The van der Waals surface area contributed by atoms with Gasteiger partial charge in [0.25, 0.3) is 0 Å². The molecule has 1 amide bonds. The van der Waals surface area contributed by atoms with E-state index in [9.17, 15) is 4.79 Å². The Kier molecular flexibility index (Phi) is 8.10. The predicted octanol–water partition coefficient (Wildman–Crippen LogP) is 6.63. The minimum atomic E-state index is -0.188. The molecule has 4 rings (SSSR count). The summed E-state index contributed by atoms with van der Waals surface area (Å²) >= 11 is 7.48. The van der Waals surface area contributed by atoms with E-state index < -0.39 is 0 Å². The summed E-state index contributed by atoms with van der Waals surface area (Å²) in [5.41, 5.74) is 3.67. The Labute approximate surface area is 226 Å². The van der Waals surface area contributed by atoms with Crippen LogP contribution in [-0.2, 0) is 10.2 Å². The minimum Gasteiger partial charge on any atom is -0.497 e. The van der Waals surface area contributed by atoms with Gasteiger partial charge in [-0.1, -0.05) is 68.4 Å². The molecule has 0 aliphatic carbocycles. The van der Waals surface area contributed by atoms with E-state index in [4.69, 9.17) is 21.1 Å². The van der Waals surface area contributed by atoms with Crippen molar-refractivity contribution in [2.75, 3.05) is 25.3 Å². The Hall–Kier alpha value is -3.49. The van der Waals surface area contributed by atoms with E-state index in [0.29, 0.717) is 27.4 Å². The highest BCUT2D eigenvalue weighted by Gasteiger charge is 2.19. The molecule has 0 radical (unpaired) electrons. The van der Waals surface area contributed by atoms with Crippen LogP contribution in [0.15, 0.2) is 71.9 Å². The maximum atomic E-state index is 12.7. The van der Waals surface area contributed by atoms with Gasteiger partial charge in [0.1, 0.15) is 11.5 Å². The molecular weight excluding hydrogens is 508 g/mol. The summed E-state index contributed by atoms with van der Waals surface area (Å²) in [6.07, 6.45) is 0. The number of thioether (sulfide) groups is 1. The van der Waals surface area contributed by atoms with Crippen LogP contribution in [0.4, 0.5) is 5.69 Å². The number of carbonyl (C=O) groups excluding carboxylic acids is 1. The lowest BCUT2D eigenvalue weighted by atomic mass is 9.87. The first-order chi connectivity index (χ1) is 17.7. The molecule has 0 aliphatic rings. The Morgan fingerprint density at radius 2 is 1.68 bits per heavy atom. The van der Waals surface area contributed by atoms with Crippen molar-refractivity contribution in [2.45, 2.75) is 31.3 Å². The average molecular weight is 537 g/mol. The Morgan fingerprint density at radius 1 is 0.973 bits per heavy atom. The SMILES string of the molecule is COc1ccc(-n2c(SCC(=O)Nc3ccc(OC)c(Cl)c3)nnc2-c2ccc(C(C)(C)C)cc2)cc1. The molecule has 0 fully saturated rings. The molecule has 3 aromatic carbocycles. The van der Waals surface area contributed by atoms with Gasteiger partial charge in [-0.25, -0.2) is 0 Å². The van der Waals surface area contributed by atoms with Crippen LogP contribution in [0.3, 0.4) is 0 Å². The van der Waals surface area contributed by atoms with Gasteiger partial charge in [-0.15, -0.1) is 10.2 Å². The van der Waals surface area contributed by atoms with Gasteiger partial charge in [0.2, 0.25) is 5.91 Å². The van der Waals surface area contributed by atoms with Crippen molar-refractivity contribution in [2.24, 2.45) is 0 Å². The smallest absolute Gasteiger partial charge is 0.234 e. The molecule has 0 unspecified atom stereocenters. The number of anilines is 1. The number of hydrogen-bond acceptors (Lipinski definition) is 6. The molecule has 192 valence electrons. The molecule has 0 atom stereocenters.